The molecule has 0 aliphatic carbocycles. The molecular weight excluding hydrogens is 332 g/mol. The monoisotopic (exact) mass is 348 g/mol. The zero-order chi connectivity index (χ0) is 16.7. The van der Waals surface area contributed by atoms with Crippen molar-refractivity contribution < 1.29 is 19.7 Å². The molecule has 1 unspecified atom stereocenters. The van der Waals surface area contributed by atoms with Crippen LogP contribution in [0.2, 0.25) is 0 Å². The summed E-state index contributed by atoms with van der Waals surface area (Å²) in [6, 6.07) is 2.42. The third kappa shape index (κ3) is 6.45. The first kappa shape index (κ1) is 20.5. The van der Waals surface area contributed by atoms with E-state index in [0.29, 0.717) is 25.8 Å². The standard InChI is InChI=1S/C12H16N4O6.ClH/c13-9(12(17)18)3-1-2-6-14-10-5-4-8(15(19)20)7-11(10)16(21)22;/h4-5,7,9,14H,1-3,6,13H2,(H,17,18);1H. The van der Waals surface area contributed by atoms with Crippen LogP contribution in [-0.4, -0.2) is 33.5 Å². The molecule has 0 bridgehead atoms. The topological polar surface area (TPSA) is 162 Å². The van der Waals surface area contributed by atoms with Gasteiger partial charge in [-0.1, -0.05) is 0 Å². The summed E-state index contributed by atoms with van der Waals surface area (Å²) in [6.45, 7) is 0.366. The smallest absolute Gasteiger partial charge is 0.320 e. The molecule has 0 heterocycles. The number of non-ortho nitro benzene ring substituents is 1. The molecule has 0 aromatic heterocycles. The van der Waals surface area contributed by atoms with Crippen LogP contribution in [0.25, 0.3) is 0 Å². The molecule has 1 atom stereocenters. The van der Waals surface area contributed by atoms with Crippen LogP contribution in [0.4, 0.5) is 17.1 Å². The molecule has 1 rings (SSSR count). The first-order chi connectivity index (χ1) is 10.3. The van der Waals surface area contributed by atoms with Gasteiger partial charge in [0.15, 0.2) is 0 Å². The summed E-state index contributed by atoms with van der Waals surface area (Å²) in [7, 11) is 0. The summed E-state index contributed by atoms with van der Waals surface area (Å²) in [5.74, 6) is -1.07. The Morgan fingerprint density at radius 1 is 1.26 bits per heavy atom. The van der Waals surface area contributed by atoms with Crippen LogP contribution in [0.1, 0.15) is 19.3 Å². The fourth-order valence-corrected chi connectivity index (χ4v) is 1.77. The zero-order valence-corrected chi connectivity index (χ0v) is 12.8. The van der Waals surface area contributed by atoms with Crippen LogP contribution in [0.3, 0.4) is 0 Å². The van der Waals surface area contributed by atoms with Gasteiger partial charge in [0.2, 0.25) is 0 Å². The van der Waals surface area contributed by atoms with E-state index < -0.39 is 21.9 Å². The number of halogens is 1. The predicted octanol–water partition coefficient (Wildman–Crippen LogP) is 1.92. The van der Waals surface area contributed by atoms with Gasteiger partial charge in [0.25, 0.3) is 11.4 Å². The Labute approximate surface area is 137 Å². The summed E-state index contributed by atoms with van der Waals surface area (Å²) in [5, 5.41) is 32.9. The number of nitrogens with two attached hydrogens (primary N) is 1. The molecular formula is C12H17ClN4O6. The number of unbranched alkanes of at least 4 members (excludes halogenated alkanes) is 1. The maximum absolute atomic E-state index is 10.9. The number of carbonyl (C=O) groups is 1. The van der Waals surface area contributed by atoms with Crippen molar-refractivity contribution in [3.63, 3.8) is 0 Å². The molecule has 1 aromatic rings. The van der Waals surface area contributed by atoms with E-state index >= 15 is 0 Å². The Kier molecular flexibility index (Phi) is 8.52. The third-order valence-corrected chi connectivity index (χ3v) is 2.96. The van der Waals surface area contributed by atoms with Gasteiger partial charge in [-0.25, -0.2) is 0 Å². The Hall–Kier alpha value is -2.46. The minimum Gasteiger partial charge on any atom is -0.480 e. The largest absolute Gasteiger partial charge is 0.480 e. The maximum Gasteiger partial charge on any atom is 0.320 e. The van der Waals surface area contributed by atoms with Gasteiger partial charge in [-0.15, -0.1) is 12.4 Å². The van der Waals surface area contributed by atoms with Crippen molar-refractivity contribution in [2.24, 2.45) is 5.73 Å². The average molecular weight is 349 g/mol. The number of nitro groups is 2. The number of carboxylic acid groups (broad SMARTS) is 1. The highest BCUT2D eigenvalue weighted by atomic mass is 35.5. The van der Waals surface area contributed by atoms with E-state index in [1.54, 1.807) is 0 Å². The van der Waals surface area contributed by atoms with E-state index in [9.17, 15) is 25.0 Å². The number of hydrogen-bond donors (Lipinski definition) is 3. The van der Waals surface area contributed by atoms with E-state index in [1.165, 1.54) is 12.1 Å². The molecule has 0 saturated carbocycles. The lowest BCUT2D eigenvalue weighted by molar-refractivity contribution is -0.393. The van der Waals surface area contributed by atoms with E-state index in [1.807, 2.05) is 0 Å². The minimum absolute atomic E-state index is 0. The zero-order valence-electron chi connectivity index (χ0n) is 12.0. The molecule has 0 radical (unpaired) electrons. The molecule has 0 spiro atoms. The van der Waals surface area contributed by atoms with Gasteiger partial charge in [-0.2, -0.15) is 0 Å². The molecule has 10 nitrogen and oxygen atoms in total. The van der Waals surface area contributed by atoms with E-state index in [0.717, 1.165) is 6.07 Å². The van der Waals surface area contributed by atoms with Crippen LogP contribution < -0.4 is 11.1 Å². The molecule has 11 heteroatoms. The molecule has 0 fully saturated rings. The van der Waals surface area contributed by atoms with Crippen molar-refractivity contribution in [2.45, 2.75) is 25.3 Å². The molecule has 0 aliphatic rings. The van der Waals surface area contributed by atoms with Gasteiger partial charge in [-0.3, -0.25) is 25.0 Å². The summed E-state index contributed by atoms with van der Waals surface area (Å²) in [5.41, 5.74) is 4.79. The lowest BCUT2D eigenvalue weighted by Gasteiger charge is -2.08. The van der Waals surface area contributed by atoms with E-state index in [-0.39, 0.29) is 29.5 Å². The van der Waals surface area contributed by atoms with Crippen LogP contribution in [-0.2, 0) is 4.79 Å². The first-order valence-corrected chi connectivity index (χ1v) is 6.48. The minimum atomic E-state index is -1.07. The van der Waals surface area contributed by atoms with Crippen molar-refractivity contribution in [1.82, 2.24) is 0 Å². The number of benzene rings is 1. The quantitative estimate of drug-likeness (QED) is 0.346. The second-order valence-electron chi connectivity index (χ2n) is 4.58. The summed E-state index contributed by atoms with van der Waals surface area (Å²) in [4.78, 5) is 30.6. The Bertz CT molecular complexity index is 583. The van der Waals surface area contributed by atoms with E-state index in [2.05, 4.69) is 5.32 Å². The van der Waals surface area contributed by atoms with Crippen molar-refractivity contribution in [1.29, 1.82) is 0 Å². The molecule has 0 aliphatic heterocycles. The van der Waals surface area contributed by atoms with Gasteiger partial charge in [-0.05, 0) is 25.3 Å². The van der Waals surface area contributed by atoms with Crippen LogP contribution in [0.15, 0.2) is 18.2 Å². The number of hydrogen-bond acceptors (Lipinski definition) is 7. The van der Waals surface area contributed by atoms with Crippen molar-refractivity contribution in [2.75, 3.05) is 11.9 Å². The Morgan fingerprint density at radius 3 is 2.43 bits per heavy atom. The van der Waals surface area contributed by atoms with Crippen molar-refractivity contribution in [3.05, 3.63) is 38.4 Å². The fourth-order valence-electron chi connectivity index (χ4n) is 1.77. The summed E-state index contributed by atoms with van der Waals surface area (Å²) in [6.07, 6.45) is 1.41. The molecule has 0 saturated heterocycles. The molecule has 4 N–H and O–H groups in total. The maximum atomic E-state index is 10.9. The van der Waals surface area contributed by atoms with Gasteiger partial charge in [0.1, 0.15) is 11.7 Å². The second kappa shape index (κ2) is 9.54. The van der Waals surface area contributed by atoms with Gasteiger partial charge in [0, 0.05) is 12.6 Å². The number of nitrogens with one attached hydrogen (secondary N) is 1. The van der Waals surface area contributed by atoms with Gasteiger partial charge < -0.3 is 16.2 Å². The number of aliphatic carboxylic acids is 1. The normalized spacial score (nSPS) is 11.2. The van der Waals surface area contributed by atoms with E-state index in [4.69, 9.17) is 10.8 Å². The highest BCUT2D eigenvalue weighted by molar-refractivity contribution is 5.85. The second-order valence-corrected chi connectivity index (χ2v) is 4.58. The fraction of sp³-hybridized carbons (Fsp3) is 0.417. The summed E-state index contributed by atoms with van der Waals surface area (Å²) < 4.78 is 0. The number of nitrogens with zero attached hydrogens (tertiary/aromatic N) is 2. The number of anilines is 1. The average Bonchev–Trinajstić information content (AvgIpc) is 2.46. The number of nitro benzene ring substituents is 2. The molecule has 0 amide bonds. The molecule has 1 aromatic carbocycles. The highest BCUT2D eigenvalue weighted by Gasteiger charge is 2.19. The van der Waals surface area contributed by atoms with Gasteiger partial charge >= 0.3 is 5.97 Å². The lowest BCUT2D eigenvalue weighted by atomic mass is 10.1. The van der Waals surface area contributed by atoms with Crippen LogP contribution >= 0.6 is 12.4 Å². The van der Waals surface area contributed by atoms with Gasteiger partial charge in [0.05, 0.1) is 15.9 Å². The van der Waals surface area contributed by atoms with Crippen LogP contribution in [0, 0.1) is 20.2 Å². The van der Waals surface area contributed by atoms with Crippen molar-refractivity contribution >= 4 is 35.4 Å². The van der Waals surface area contributed by atoms with Crippen LogP contribution in [0.5, 0.6) is 0 Å². The lowest BCUT2D eigenvalue weighted by Crippen LogP contribution is -2.29. The SMILES string of the molecule is Cl.NC(CCCCNc1ccc([N+](=O)[O-])cc1[N+](=O)[O-])C(=O)O. The third-order valence-electron chi connectivity index (χ3n) is 2.96. The van der Waals surface area contributed by atoms with Crippen molar-refractivity contribution in [3.8, 4) is 0 Å². The number of rotatable bonds is 9. The predicted molar refractivity (Wildman–Crippen MR) is 85.0 cm³/mol. The molecule has 23 heavy (non-hydrogen) atoms. The first-order valence-electron chi connectivity index (χ1n) is 6.48. The Balaban J connectivity index is 0.00000484. The Morgan fingerprint density at radius 2 is 1.91 bits per heavy atom. The molecule has 128 valence electrons. The summed E-state index contributed by atoms with van der Waals surface area (Å²) >= 11 is 0. The highest BCUT2D eigenvalue weighted by Crippen LogP contribution is 2.28. The number of carboxylic acids is 1.